The number of nitrogens with one attached hydrogen (secondary N) is 2. The lowest BCUT2D eigenvalue weighted by atomic mass is 9.98. The van der Waals surface area contributed by atoms with Crippen LogP contribution >= 0.6 is 0 Å². The van der Waals surface area contributed by atoms with Crippen LogP contribution in [-0.4, -0.2) is 60.1 Å². The smallest absolute Gasteiger partial charge is 0.390 e. The van der Waals surface area contributed by atoms with Gasteiger partial charge in [-0.05, 0) is 68.3 Å². The lowest BCUT2D eigenvalue weighted by molar-refractivity contribution is -0.138. The first kappa shape index (κ1) is 32.8. The van der Waals surface area contributed by atoms with Gasteiger partial charge in [0.15, 0.2) is 0 Å². The van der Waals surface area contributed by atoms with Crippen molar-refractivity contribution in [3.63, 3.8) is 0 Å². The molecule has 0 aromatic heterocycles. The van der Waals surface area contributed by atoms with E-state index in [-0.39, 0.29) is 37.3 Å². The fourth-order valence-corrected chi connectivity index (χ4v) is 3.99. The summed E-state index contributed by atoms with van der Waals surface area (Å²) in [6.45, 7) is 10.1. The Kier molecular flexibility index (Phi) is 14.7. The molecule has 3 N–H and O–H groups in total. The Morgan fingerprint density at radius 1 is 1.05 bits per heavy atom. The molecule has 1 aromatic rings. The molecule has 1 aromatic carbocycles. The molecule has 6 nitrogen and oxygen atoms in total. The van der Waals surface area contributed by atoms with E-state index < -0.39 is 35.6 Å². The molecule has 0 spiro atoms. The third-order valence-corrected chi connectivity index (χ3v) is 5.94. The number of carbonyl (C=O) groups is 2. The zero-order valence-corrected chi connectivity index (χ0v) is 22.5. The summed E-state index contributed by atoms with van der Waals surface area (Å²) in [6.07, 6.45) is -2.93. The minimum absolute atomic E-state index is 0.0174. The largest absolute Gasteiger partial charge is 0.416 e. The monoisotopic (exact) mass is 533 g/mol. The molecule has 2 amide bonds. The average Bonchev–Trinajstić information content (AvgIpc) is 2.80. The molecule has 37 heavy (non-hydrogen) atoms. The first-order chi connectivity index (χ1) is 17.4. The second-order valence-corrected chi connectivity index (χ2v) is 9.91. The van der Waals surface area contributed by atoms with E-state index in [0.717, 1.165) is 31.4 Å². The van der Waals surface area contributed by atoms with E-state index in [2.05, 4.69) is 24.5 Å². The fourth-order valence-electron chi connectivity index (χ4n) is 3.99. The highest BCUT2D eigenvalue weighted by Crippen LogP contribution is 2.30. The molecule has 0 aliphatic carbocycles. The van der Waals surface area contributed by atoms with Crippen molar-refractivity contribution in [2.24, 2.45) is 5.92 Å². The van der Waals surface area contributed by atoms with Crippen molar-refractivity contribution in [2.45, 2.75) is 91.0 Å². The quantitative estimate of drug-likeness (QED) is 0.201. The van der Waals surface area contributed by atoms with Gasteiger partial charge < -0.3 is 20.6 Å². The Hall–Kier alpha value is -2.20. The zero-order valence-electron chi connectivity index (χ0n) is 22.5. The van der Waals surface area contributed by atoms with Crippen molar-refractivity contribution >= 4 is 11.8 Å². The summed E-state index contributed by atoms with van der Waals surface area (Å²) in [6, 6.07) is 1.28. The summed E-state index contributed by atoms with van der Waals surface area (Å²) < 4.78 is 53.4. The summed E-state index contributed by atoms with van der Waals surface area (Å²) in [7, 11) is 0. The number of nitrogens with zero attached hydrogens (tertiary/aromatic N) is 1. The Labute approximate surface area is 218 Å². The van der Waals surface area contributed by atoms with E-state index in [4.69, 9.17) is 0 Å². The molecule has 0 unspecified atom stereocenters. The number of hydrogen-bond donors (Lipinski definition) is 3. The third kappa shape index (κ3) is 13.2. The molecule has 0 bridgehead atoms. The zero-order chi connectivity index (χ0) is 28.0. The summed E-state index contributed by atoms with van der Waals surface area (Å²) in [5, 5.41) is 16.5. The van der Waals surface area contributed by atoms with Crippen LogP contribution in [0.1, 0.15) is 77.3 Å². The molecule has 2 atom stereocenters. The van der Waals surface area contributed by atoms with E-state index in [9.17, 15) is 32.3 Å². The highest BCUT2D eigenvalue weighted by molar-refractivity contribution is 5.79. The van der Waals surface area contributed by atoms with Crippen LogP contribution in [0.3, 0.4) is 0 Å². The number of alkyl halides is 3. The molecular weight excluding hydrogens is 490 g/mol. The predicted octanol–water partition coefficient (Wildman–Crippen LogP) is 4.69. The van der Waals surface area contributed by atoms with E-state index in [1.54, 1.807) is 4.90 Å². The lowest BCUT2D eigenvalue weighted by Gasteiger charge is -2.25. The topological polar surface area (TPSA) is 81.7 Å². The second-order valence-electron chi connectivity index (χ2n) is 9.91. The first-order valence-electron chi connectivity index (χ1n) is 13.2. The predicted molar refractivity (Wildman–Crippen MR) is 136 cm³/mol. The molecule has 10 heteroatoms. The van der Waals surface area contributed by atoms with Crippen LogP contribution in [0.5, 0.6) is 0 Å². The molecule has 0 saturated heterocycles. The van der Waals surface area contributed by atoms with Gasteiger partial charge in [0.1, 0.15) is 5.82 Å². The molecule has 212 valence electrons. The van der Waals surface area contributed by atoms with Crippen molar-refractivity contribution < 1.29 is 32.3 Å². The van der Waals surface area contributed by atoms with E-state index in [0.29, 0.717) is 38.0 Å². The Balaban J connectivity index is 2.85. The molecule has 0 aliphatic rings. The number of aliphatic hydroxyl groups is 1. The molecule has 0 saturated carbocycles. The summed E-state index contributed by atoms with van der Waals surface area (Å²) in [5.74, 6) is -1.05. The van der Waals surface area contributed by atoms with Crippen LogP contribution in [0.25, 0.3) is 0 Å². The van der Waals surface area contributed by atoms with Gasteiger partial charge in [-0.1, -0.05) is 27.7 Å². The third-order valence-electron chi connectivity index (χ3n) is 5.94. The first-order valence-corrected chi connectivity index (χ1v) is 13.2. The van der Waals surface area contributed by atoms with Crippen LogP contribution in [-0.2, 0) is 22.2 Å². The van der Waals surface area contributed by atoms with Gasteiger partial charge in [-0.3, -0.25) is 9.59 Å². The van der Waals surface area contributed by atoms with Gasteiger partial charge in [-0.25, -0.2) is 4.39 Å². The number of carbonyl (C=O) groups excluding carboxylic acids is 2. The average molecular weight is 534 g/mol. The maximum absolute atomic E-state index is 13.9. The SMILES string of the molecule is CCCN(CCC)C(=O)CCCC(=O)N[C@@H](Cc1cc(F)cc(C(F)(F)F)c1)[C@H](O)CNCCC(C)C. The normalized spacial score (nSPS) is 13.5. The van der Waals surface area contributed by atoms with Crippen LogP contribution in [0.2, 0.25) is 0 Å². The van der Waals surface area contributed by atoms with Crippen LogP contribution < -0.4 is 10.6 Å². The summed E-state index contributed by atoms with van der Waals surface area (Å²) >= 11 is 0. The highest BCUT2D eigenvalue weighted by Gasteiger charge is 2.32. The van der Waals surface area contributed by atoms with Crippen molar-refractivity contribution in [1.82, 2.24) is 15.5 Å². The van der Waals surface area contributed by atoms with Crippen molar-refractivity contribution in [2.75, 3.05) is 26.2 Å². The van der Waals surface area contributed by atoms with Gasteiger partial charge in [0.25, 0.3) is 0 Å². The van der Waals surface area contributed by atoms with Crippen molar-refractivity contribution in [3.05, 3.63) is 35.1 Å². The van der Waals surface area contributed by atoms with E-state index in [1.807, 2.05) is 13.8 Å². The van der Waals surface area contributed by atoms with Crippen LogP contribution in [0.4, 0.5) is 17.6 Å². The fraction of sp³-hybridized carbons (Fsp3) is 0.704. The molecule has 0 heterocycles. The minimum Gasteiger partial charge on any atom is -0.390 e. The minimum atomic E-state index is -4.72. The molecule has 0 fully saturated rings. The molecule has 1 rings (SSSR count). The van der Waals surface area contributed by atoms with E-state index in [1.165, 1.54) is 0 Å². The standard InChI is InChI=1S/C27H43F4N3O3/c1-5-12-34(13-6-2)26(37)9-7-8-25(36)33-23(24(35)18-32-11-10-19(3)4)16-20-14-21(27(29,30)31)17-22(28)15-20/h14-15,17,19,23-24,32,35H,5-13,16,18H2,1-4H3,(H,33,36)/t23-,24+/m0/s1. The Morgan fingerprint density at radius 3 is 2.27 bits per heavy atom. The maximum atomic E-state index is 13.9. The number of aliphatic hydroxyl groups excluding tert-OH is 1. The summed E-state index contributed by atoms with van der Waals surface area (Å²) in [4.78, 5) is 26.8. The summed E-state index contributed by atoms with van der Waals surface area (Å²) in [5.41, 5.74) is -1.11. The van der Waals surface area contributed by atoms with E-state index >= 15 is 0 Å². The number of rotatable bonds is 17. The van der Waals surface area contributed by atoms with Crippen LogP contribution in [0.15, 0.2) is 18.2 Å². The lowest BCUT2D eigenvalue weighted by Crippen LogP contribution is -2.49. The Morgan fingerprint density at radius 2 is 1.70 bits per heavy atom. The van der Waals surface area contributed by atoms with Gasteiger partial charge >= 0.3 is 6.18 Å². The van der Waals surface area contributed by atoms with Gasteiger partial charge in [0, 0.05) is 32.5 Å². The number of hydrogen-bond acceptors (Lipinski definition) is 4. The van der Waals surface area contributed by atoms with Gasteiger partial charge in [-0.2, -0.15) is 13.2 Å². The maximum Gasteiger partial charge on any atom is 0.416 e. The van der Waals surface area contributed by atoms with Crippen molar-refractivity contribution in [3.8, 4) is 0 Å². The van der Waals surface area contributed by atoms with Gasteiger partial charge in [0.2, 0.25) is 11.8 Å². The van der Waals surface area contributed by atoms with Crippen LogP contribution in [0, 0.1) is 11.7 Å². The molecule has 0 radical (unpaired) electrons. The Bertz CT molecular complexity index is 828. The number of benzene rings is 1. The highest BCUT2D eigenvalue weighted by atomic mass is 19.4. The number of halogens is 4. The van der Waals surface area contributed by atoms with Gasteiger partial charge in [-0.15, -0.1) is 0 Å². The van der Waals surface area contributed by atoms with Gasteiger partial charge in [0.05, 0.1) is 17.7 Å². The molecule has 0 aliphatic heterocycles. The second kappa shape index (κ2) is 16.6. The van der Waals surface area contributed by atoms with Crippen molar-refractivity contribution in [1.29, 1.82) is 0 Å². The number of amides is 2. The molecular formula is C27H43F4N3O3.